The summed E-state index contributed by atoms with van der Waals surface area (Å²) in [4.78, 5) is 0. The zero-order valence-electron chi connectivity index (χ0n) is 7.39. The number of hydrogen-bond acceptors (Lipinski definition) is 6. The molecule has 0 N–H and O–H groups in total. The van der Waals surface area contributed by atoms with E-state index in [0.29, 0.717) is 0 Å². The molecule has 0 saturated heterocycles. The fourth-order valence-corrected chi connectivity index (χ4v) is 1.17. The Balaban J connectivity index is 4.02. The lowest BCUT2D eigenvalue weighted by Crippen LogP contribution is -2.02. The van der Waals surface area contributed by atoms with Gasteiger partial charge < -0.3 is 14.0 Å². The van der Waals surface area contributed by atoms with E-state index in [9.17, 15) is 4.57 Å². The first kappa shape index (κ1) is 12.4. The highest BCUT2D eigenvalue weighted by molar-refractivity contribution is 7.48. The molecule has 0 fully saturated rings. The summed E-state index contributed by atoms with van der Waals surface area (Å²) in [6.45, 7) is -0.495. The lowest BCUT2D eigenvalue weighted by molar-refractivity contribution is -0.0152. The summed E-state index contributed by atoms with van der Waals surface area (Å²) in [5, 5.41) is 0. The third-order valence-corrected chi connectivity index (χ3v) is 1.99. The van der Waals surface area contributed by atoms with Crippen LogP contribution < -0.4 is 0 Å². The number of ether oxygens (including phenoxy) is 2. The molecule has 0 saturated carbocycles. The average Bonchev–Trinajstić information content (AvgIpc) is 2.12. The predicted octanol–water partition coefficient (Wildman–Crippen LogP) is 0.943. The predicted molar refractivity (Wildman–Crippen MR) is 43.4 cm³/mol. The molecule has 0 aromatic heterocycles. The fourth-order valence-electron chi connectivity index (χ4n) is 0.389. The average molecular weight is 210 g/mol. The van der Waals surface area contributed by atoms with Crippen LogP contribution in [-0.2, 0) is 27.6 Å². The quantitative estimate of drug-likeness (QED) is 0.354. The van der Waals surface area contributed by atoms with Crippen molar-refractivity contribution in [3.05, 3.63) is 0 Å². The molecule has 0 aromatic carbocycles. The maximum atomic E-state index is 11.4. The highest BCUT2D eigenvalue weighted by atomic mass is 31.2. The second kappa shape index (κ2) is 6.89. The molecule has 6 nitrogen and oxygen atoms in total. The van der Waals surface area contributed by atoms with Crippen LogP contribution in [0.1, 0.15) is 0 Å². The van der Waals surface area contributed by atoms with Gasteiger partial charge in [-0.1, -0.05) is 6.42 Å². The minimum Gasteiger partial charge on any atom is -0.358 e. The van der Waals surface area contributed by atoms with Crippen molar-refractivity contribution in [3.63, 3.8) is 0 Å². The number of hydrogen-bond donors (Lipinski definition) is 0. The number of phosphoric acid groups is 1. The van der Waals surface area contributed by atoms with Crippen LogP contribution in [0.2, 0.25) is 0 Å². The van der Waals surface area contributed by atoms with Crippen molar-refractivity contribution in [1.82, 2.24) is 0 Å². The van der Waals surface area contributed by atoms with E-state index in [4.69, 9.17) is 6.42 Å². The maximum absolute atomic E-state index is 11.4. The SMILES string of the molecule is C#COP(=O)(OCOC)OCOC. The molecule has 76 valence electrons. The van der Waals surface area contributed by atoms with Crippen LogP contribution in [0.25, 0.3) is 0 Å². The van der Waals surface area contributed by atoms with Crippen LogP contribution in [0.4, 0.5) is 0 Å². The Bertz CT molecular complexity index is 198. The van der Waals surface area contributed by atoms with Crippen molar-refractivity contribution in [2.45, 2.75) is 0 Å². The zero-order chi connectivity index (χ0) is 10.2. The lowest BCUT2D eigenvalue weighted by Gasteiger charge is -2.13. The van der Waals surface area contributed by atoms with Gasteiger partial charge in [0, 0.05) is 14.2 Å². The molecule has 7 heteroatoms. The van der Waals surface area contributed by atoms with Gasteiger partial charge in [0.1, 0.15) is 6.11 Å². The first-order valence-corrected chi connectivity index (χ1v) is 4.65. The molecule has 13 heavy (non-hydrogen) atoms. The van der Waals surface area contributed by atoms with E-state index in [1.54, 1.807) is 6.11 Å². The molecule has 0 unspecified atom stereocenters. The summed E-state index contributed by atoms with van der Waals surface area (Å²) < 4.78 is 33.8. The van der Waals surface area contributed by atoms with Gasteiger partial charge in [-0.15, -0.1) is 0 Å². The molecule has 0 bridgehead atoms. The topological polar surface area (TPSA) is 63.2 Å². The van der Waals surface area contributed by atoms with Gasteiger partial charge in [-0.05, 0) is 0 Å². The monoisotopic (exact) mass is 210 g/mol. The van der Waals surface area contributed by atoms with Crippen LogP contribution >= 0.6 is 7.82 Å². The van der Waals surface area contributed by atoms with E-state index in [1.807, 2.05) is 0 Å². The third-order valence-electron chi connectivity index (χ3n) is 0.822. The Morgan fingerprint density at radius 3 is 2.00 bits per heavy atom. The van der Waals surface area contributed by atoms with Crippen molar-refractivity contribution in [2.75, 3.05) is 27.8 Å². The van der Waals surface area contributed by atoms with Crippen LogP contribution in [0.5, 0.6) is 0 Å². The molecule has 0 aliphatic carbocycles. The van der Waals surface area contributed by atoms with E-state index in [0.717, 1.165) is 0 Å². The lowest BCUT2D eigenvalue weighted by atomic mass is 11.3. The smallest absolute Gasteiger partial charge is 0.358 e. The Labute approximate surface area is 76.7 Å². The highest BCUT2D eigenvalue weighted by Crippen LogP contribution is 2.48. The minimum absolute atomic E-state index is 0.247. The van der Waals surface area contributed by atoms with Crippen molar-refractivity contribution in [3.8, 4) is 12.5 Å². The molecular formula is C6H11O6P. The van der Waals surface area contributed by atoms with Crippen LogP contribution in [0.3, 0.4) is 0 Å². The summed E-state index contributed by atoms with van der Waals surface area (Å²) in [5.41, 5.74) is 0. The van der Waals surface area contributed by atoms with Crippen molar-refractivity contribution in [2.24, 2.45) is 0 Å². The molecule has 0 rings (SSSR count). The zero-order valence-corrected chi connectivity index (χ0v) is 8.28. The van der Waals surface area contributed by atoms with E-state index in [-0.39, 0.29) is 13.6 Å². The van der Waals surface area contributed by atoms with Crippen molar-refractivity contribution < 1.29 is 27.6 Å². The van der Waals surface area contributed by atoms with E-state index < -0.39 is 7.82 Å². The first-order valence-electron chi connectivity index (χ1n) is 3.19. The number of terminal acetylenes is 1. The molecule has 0 amide bonds. The number of methoxy groups -OCH3 is 2. The standard InChI is InChI=1S/C6H11O6P/c1-4-10-13(7,11-5-8-2)12-6-9-3/h1H,5-6H2,2-3H3. The molecule has 0 heterocycles. The van der Waals surface area contributed by atoms with Crippen LogP contribution in [-0.4, -0.2) is 27.8 Å². The number of rotatable bonds is 7. The third kappa shape index (κ3) is 5.64. The largest absolute Gasteiger partial charge is 0.542 e. The van der Waals surface area contributed by atoms with Gasteiger partial charge in [0.15, 0.2) is 13.6 Å². The molecule has 0 aromatic rings. The van der Waals surface area contributed by atoms with Gasteiger partial charge in [0.05, 0.1) is 0 Å². The molecular weight excluding hydrogens is 199 g/mol. The van der Waals surface area contributed by atoms with Gasteiger partial charge in [0.2, 0.25) is 0 Å². The Morgan fingerprint density at radius 1 is 1.23 bits per heavy atom. The van der Waals surface area contributed by atoms with Crippen LogP contribution in [0, 0.1) is 12.5 Å². The summed E-state index contributed by atoms with van der Waals surface area (Å²) in [6, 6.07) is 0. The molecule has 0 aliphatic rings. The Kier molecular flexibility index (Phi) is 6.59. The second-order valence-corrected chi connectivity index (χ2v) is 3.32. The van der Waals surface area contributed by atoms with Crippen molar-refractivity contribution >= 4 is 7.82 Å². The van der Waals surface area contributed by atoms with Crippen LogP contribution in [0.15, 0.2) is 0 Å². The Hall–Kier alpha value is -0.570. The van der Waals surface area contributed by atoms with Gasteiger partial charge in [-0.3, -0.25) is 0 Å². The normalized spacial score (nSPS) is 10.8. The summed E-state index contributed by atoms with van der Waals surface area (Å²) in [7, 11) is -1.02. The summed E-state index contributed by atoms with van der Waals surface area (Å²) in [5.74, 6) is 0. The van der Waals surface area contributed by atoms with E-state index >= 15 is 0 Å². The Morgan fingerprint density at radius 2 is 1.69 bits per heavy atom. The van der Waals surface area contributed by atoms with Gasteiger partial charge in [0.25, 0.3) is 0 Å². The van der Waals surface area contributed by atoms with Gasteiger partial charge >= 0.3 is 7.82 Å². The van der Waals surface area contributed by atoms with Crippen molar-refractivity contribution in [1.29, 1.82) is 0 Å². The second-order valence-electron chi connectivity index (χ2n) is 1.73. The first-order chi connectivity index (χ1) is 6.18. The fraction of sp³-hybridized carbons (Fsp3) is 0.667. The van der Waals surface area contributed by atoms with E-state index in [1.165, 1.54) is 14.2 Å². The minimum atomic E-state index is -3.74. The van der Waals surface area contributed by atoms with Gasteiger partial charge in [-0.25, -0.2) is 13.6 Å². The summed E-state index contributed by atoms with van der Waals surface area (Å²) >= 11 is 0. The highest BCUT2D eigenvalue weighted by Gasteiger charge is 2.27. The summed E-state index contributed by atoms with van der Waals surface area (Å²) in [6.07, 6.45) is 6.47. The molecule has 0 atom stereocenters. The maximum Gasteiger partial charge on any atom is 0.542 e. The molecule has 0 radical (unpaired) electrons. The number of phosphoric ester groups is 1. The van der Waals surface area contributed by atoms with E-state index in [2.05, 4.69) is 23.0 Å². The molecule has 0 spiro atoms. The molecule has 0 aliphatic heterocycles. The van der Waals surface area contributed by atoms with Gasteiger partial charge in [-0.2, -0.15) is 0 Å².